The fourth-order valence-electron chi connectivity index (χ4n) is 3.79. The first-order chi connectivity index (χ1) is 14.1. The molecule has 1 N–H and O–H groups in total. The van der Waals surface area contributed by atoms with Gasteiger partial charge in [0.1, 0.15) is 11.4 Å². The van der Waals surface area contributed by atoms with Crippen molar-refractivity contribution in [1.29, 1.82) is 0 Å². The van der Waals surface area contributed by atoms with Crippen LogP contribution in [0.4, 0.5) is 0 Å². The molecule has 1 aliphatic rings. The molecule has 0 unspecified atom stereocenters. The number of piperidine rings is 1. The van der Waals surface area contributed by atoms with Crippen LogP contribution < -0.4 is 4.74 Å². The number of likely N-dealkylation sites (tertiary alicyclic amines) is 1. The van der Waals surface area contributed by atoms with E-state index in [1.807, 2.05) is 49.1 Å². The van der Waals surface area contributed by atoms with Gasteiger partial charge in [-0.3, -0.25) is 14.9 Å². The van der Waals surface area contributed by atoms with Gasteiger partial charge < -0.3 is 9.64 Å². The SMILES string of the molecule is Cc1n[nH]c(C)c1CC(=O)N1CCC(c2nccnc2Oc2ccccc2)CC1. The van der Waals surface area contributed by atoms with Crippen LogP contribution in [0.1, 0.15) is 41.4 Å². The summed E-state index contributed by atoms with van der Waals surface area (Å²) >= 11 is 0. The molecule has 0 spiro atoms. The van der Waals surface area contributed by atoms with Crippen molar-refractivity contribution in [3.63, 3.8) is 0 Å². The third-order valence-electron chi connectivity index (χ3n) is 5.49. The second kappa shape index (κ2) is 8.43. The molecular weight excluding hydrogens is 366 g/mol. The van der Waals surface area contributed by atoms with Gasteiger partial charge in [0.05, 0.1) is 12.1 Å². The van der Waals surface area contributed by atoms with Crippen LogP contribution in [-0.2, 0) is 11.2 Å². The maximum atomic E-state index is 12.8. The molecule has 3 heterocycles. The van der Waals surface area contributed by atoms with Crippen LogP contribution in [0.3, 0.4) is 0 Å². The molecule has 3 aromatic rings. The summed E-state index contributed by atoms with van der Waals surface area (Å²) in [7, 11) is 0. The van der Waals surface area contributed by atoms with Crippen molar-refractivity contribution in [2.24, 2.45) is 0 Å². The number of rotatable bonds is 5. The summed E-state index contributed by atoms with van der Waals surface area (Å²) in [5.74, 6) is 1.67. The smallest absolute Gasteiger partial charge is 0.241 e. The van der Waals surface area contributed by atoms with Crippen LogP contribution in [0, 0.1) is 13.8 Å². The average molecular weight is 391 g/mol. The first kappa shape index (κ1) is 19.1. The van der Waals surface area contributed by atoms with E-state index in [-0.39, 0.29) is 11.8 Å². The zero-order valence-corrected chi connectivity index (χ0v) is 16.8. The van der Waals surface area contributed by atoms with E-state index >= 15 is 0 Å². The first-order valence-corrected chi connectivity index (χ1v) is 9.94. The van der Waals surface area contributed by atoms with Crippen LogP contribution in [0.2, 0.25) is 0 Å². The van der Waals surface area contributed by atoms with Crippen LogP contribution in [0.15, 0.2) is 42.7 Å². The highest BCUT2D eigenvalue weighted by Crippen LogP contribution is 2.33. The second-order valence-corrected chi connectivity index (χ2v) is 7.41. The molecule has 1 aliphatic heterocycles. The van der Waals surface area contributed by atoms with Crippen molar-refractivity contribution >= 4 is 5.91 Å². The van der Waals surface area contributed by atoms with Crippen LogP contribution >= 0.6 is 0 Å². The van der Waals surface area contributed by atoms with Crippen molar-refractivity contribution < 1.29 is 9.53 Å². The van der Waals surface area contributed by atoms with Gasteiger partial charge in [-0.15, -0.1) is 0 Å². The number of nitrogens with one attached hydrogen (secondary N) is 1. The number of benzene rings is 1. The fraction of sp³-hybridized carbons (Fsp3) is 0.364. The molecule has 1 saturated heterocycles. The number of aromatic amines is 1. The van der Waals surface area contributed by atoms with E-state index in [1.54, 1.807) is 12.4 Å². The number of carbonyl (C=O) groups is 1. The lowest BCUT2D eigenvalue weighted by Crippen LogP contribution is -2.39. The summed E-state index contributed by atoms with van der Waals surface area (Å²) in [4.78, 5) is 23.6. The van der Waals surface area contributed by atoms with E-state index in [0.717, 1.165) is 41.2 Å². The number of hydrogen-bond donors (Lipinski definition) is 1. The summed E-state index contributed by atoms with van der Waals surface area (Å²) in [6.45, 7) is 5.31. The largest absolute Gasteiger partial charge is 0.437 e. The number of carbonyl (C=O) groups excluding carboxylic acids is 1. The van der Waals surface area contributed by atoms with Gasteiger partial charge >= 0.3 is 0 Å². The zero-order chi connectivity index (χ0) is 20.2. The number of hydrogen-bond acceptors (Lipinski definition) is 5. The molecule has 0 saturated carbocycles. The van der Waals surface area contributed by atoms with Crippen molar-refractivity contribution in [3.8, 4) is 11.6 Å². The Morgan fingerprint density at radius 3 is 2.55 bits per heavy atom. The molecule has 7 heteroatoms. The third-order valence-corrected chi connectivity index (χ3v) is 5.49. The number of amides is 1. The molecular formula is C22H25N5O2. The van der Waals surface area contributed by atoms with Crippen LogP contribution in [0.25, 0.3) is 0 Å². The number of aromatic nitrogens is 4. The molecule has 1 fully saturated rings. The van der Waals surface area contributed by atoms with E-state index in [1.165, 1.54) is 0 Å². The molecule has 150 valence electrons. The summed E-state index contributed by atoms with van der Waals surface area (Å²) in [5, 5.41) is 7.14. The molecule has 7 nitrogen and oxygen atoms in total. The number of aryl methyl sites for hydroxylation is 2. The highest BCUT2D eigenvalue weighted by atomic mass is 16.5. The van der Waals surface area contributed by atoms with Crippen molar-refractivity contribution in [1.82, 2.24) is 25.1 Å². The number of H-pyrrole nitrogens is 1. The maximum Gasteiger partial charge on any atom is 0.241 e. The molecule has 1 amide bonds. The van der Waals surface area contributed by atoms with Gasteiger partial charge in [0.25, 0.3) is 0 Å². The van der Waals surface area contributed by atoms with E-state index < -0.39 is 0 Å². The van der Waals surface area contributed by atoms with Gasteiger partial charge in [-0.05, 0) is 38.8 Å². The van der Waals surface area contributed by atoms with Gasteiger partial charge in [-0.1, -0.05) is 18.2 Å². The van der Waals surface area contributed by atoms with E-state index in [9.17, 15) is 4.79 Å². The Balaban J connectivity index is 1.40. The summed E-state index contributed by atoms with van der Waals surface area (Å²) in [6.07, 6.45) is 5.44. The number of para-hydroxylation sites is 1. The summed E-state index contributed by atoms with van der Waals surface area (Å²) in [5.41, 5.74) is 3.73. The Labute approximate surface area is 170 Å². The van der Waals surface area contributed by atoms with Gasteiger partial charge in [0.15, 0.2) is 0 Å². The Hall–Kier alpha value is -3.22. The molecule has 0 radical (unpaired) electrons. The van der Waals surface area contributed by atoms with Gasteiger partial charge in [0, 0.05) is 42.7 Å². The molecule has 0 atom stereocenters. The zero-order valence-electron chi connectivity index (χ0n) is 16.8. The standard InChI is InChI=1S/C22H25N5O2/c1-15-19(16(2)26-25-15)14-20(28)27-12-8-17(9-13-27)21-22(24-11-10-23-21)29-18-6-4-3-5-7-18/h3-7,10-11,17H,8-9,12-14H2,1-2H3,(H,25,26). The first-order valence-electron chi connectivity index (χ1n) is 9.94. The maximum absolute atomic E-state index is 12.8. The molecule has 0 aliphatic carbocycles. The van der Waals surface area contributed by atoms with Gasteiger partial charge in [0.2, 0.25) is 11.8 Å². The lowest BCUT2D eigenvalue weighted by atomic mass is 9.93. The normalized spacial score (nSPS) is 14.8. The Morgan fingerprint density at radius 2 is 1.86 bits per heavy atom. The fourth-order valence-corrected chi connectivity index (χ4v) is 3.79. The Kier molecular flexibility index (Phi) is 5.55. The quantitative estimate of drug-likeness (QED) is 0.719. The average Bonchev–Trinajstić information content (AvgIpc) is 3.07. The molecule has 2 aromatic heterocycles. The highest BCUT2D eigenvalue weighted by molar-refractivity contribution is 5.79. The van der Waals surface area contributed by atoms with Crippen molar-refractivity contribution in [3.05, 3.63) is 65.4 Å². The predicted molar refractivity (Wildman–Crippen MR) is 109 cm³/mol. The Morgan fingerprint density at radius 1 is 1.14 bits per heavy atom. The molecule has 1 aromatic carbocycles. The van der Waals surface area contributed by atoms with Crippen molar-refractivity contribution in [2.45, 2.75) is 39.0 Å². The van der Waals surface area contributed by atoms with E-state index in [2.05, 4.69) is 20.2 Å². The van der Waals surface area contributed by atoms with Crippen LogP contribution in [-0.4, -0.2) is 44.1 Å². The third kappa shape index (κ3) is 4.29. The Bertz CT molecular complexity index is 958. The summed E-state index contributed by atoms with van der Waals surface area (Å²) < 4.78 is 5.97. The lowest BCUT2D eigenvalue weighted by molar-refractivity contribution is -0.131. The minimum absolute atomic E-state index is 0.149. The second-order valence-electron chi connectivity index (χ2n) is 7.41. The molecule has 4 rings (SSSR count). The number of nitrogens with zero attached hydrogens (tertiary/aromatic N) is 4. The molecule has 29 heavy (non-hydrogen) atoms. The summed E-state index contributed by atoms with van der Waals surface area (Å²) in [6, 6.07) is 9.61. The van der Waals surface area contributed by atoms with Crippen molar-refractivity contribution in [2.75, 3.05) is 13.1 Å². The monoisotopic (exact) mass is 391 g/mol. The molecule has 0 bridgehead atoms. The van der Waals surface area contributed by atoms with E-state index in [4.69, 9.17) is 4.74 Å². The minimum Gasteiger partial charge on any atom is -0.437 e. The predicted octanol–water partition coefficient (Wildman–Crippen LogP) is 3.56. The van der Waals surface area contributed by atoms with Gasteiger partial charge in [-0.2, -0.15) is 5.10 Å². The van der Waals surface area contributed by atoms with Crippen LogP contribution in [0.5, 0.6) is 11.6 Å². The van der Waals surface area contributed by atoms with Gasteiger partial charge in [-0.25, -0.2) is 4.98 Å². The number of ether oxygens (including phenoxy) is 1. The highest BCUT2D eigenvalue weighted by Gasteiger charge is 2.28. The minimum atomic E-state index is 0.149. The topological polar surface area (TPSA) is 84.0 Å². The lowest BCUT2D eigenvalue weighted by Gasteiger charge is -2.32. The van der Waals surface area contributed by atoms with E-state index in [0.29, 0.717) is 25.4 Å².